The van der Waals surface area contributed by atoms with Gasteiger partial charge in [0, 0.05) is 22.5 Å². The minimum atomic E-state index is -0.612. The molecule has 140 valence electrons. The first-order valence-corrected chi connectivity index (χ1v) is 8.57. The SMILES string of the molecule is COC(=O)N(OC)c1ccccc1COc1ccn(-c2ccc(Cl)cc2)c1. The van der Waals surface area contributed by atoms with Crippen LogP contribution in [0.1, 0.15) is 5.56 Å². The Bertz CT molecular complexity index is 908. The van der Waals surface area contributed by atoms with Crippen LogP contribution < -0.4 is 9.80 Å². The molecule has 0 bridgehead atoms. The van der Waals surface area contributed by atoms with Crippen molar-refractivity contribution in [2.75, 3.05) is 19.3 Å². The molecule has 3 aromatic rings. The first-order chi connectivity index (χ1) is 13.1. The van der Waals surface area contributed by atoms with Crippen molar-refractivity contribution < 1.29 is 19.1 Å². The number of halogens is 1. The average molecular weight is 387 g/mol. The second kappa shape index (κ2) is 8.62. The number of rotatable bonds is 6. The van der Waals surface area contributed by atoms with Crippen LogP contribution in [-0.2, 0) is 16.2 Å². The lowest BCUT2D eigenvalue weighted by Crippen LogP contribution is -2.30. The molecule has 1 aromatic heterocycles. The number of carbonyl (C=O) groups excluding carboxylic acids is 1. The van der Waals surface area contributed by atoms with Crippen LogP contribution in [0.3, 0.4) is 0 Å². The molecule has 0 spiro atoms. The van der Waals surface area contributed by atoms with Crippen molar-refractivity contribution in [3.05, 3.63) is 77.6 Å². The average Bonchev–Trinajstić information content (AvgIpc) is 3.17. The summed E-state index contributed by atoms with van der Waals surface area (Å²) in [5.41, 5.74) is 2.32. The number of nitrogens with zero attached hydrogens (tertiary/aromatic N) is 2. The van der Waals surface area contributed by atoms with Gasteiger partial charge in [-0.15, -0.1) is 0 Å². The first-order valence-electron chi connectivity index (χ1n) is 8.19. The second-order valence-corrected chi connectivity index (χ2v) is 6.03. The lowest BCUT2D eigenvalue weighted by molar-refractivity contribution is 0.115. The largest absolute Gasteiger partial charge is 0.487 e. The molecular weight excluding hydrogens is 368 g/mol. The summed E-state index contributed by atoms with van der Waals surface area (Å²) in [5.74, 6) is 0.696. The summed E-state index contributed by atoms with van der Waals surface area (Å²) in [6, 6.07) is 16.7. The van der Waals surface area contributed by atoms with Crippen LogP contribution in [0, 0.1) is 0 Å². The summed E-state index contributed by atoms with van der Waals surface area (Å²) in [6.45, 7) is 0.262. The Balaban J connectivity index is 1.74. The zero-order valence-corrected chi connectivity index (χ0v) is 15.7. The Morgan fingerprint density at radius 3 is 2.52 bits per heavy atom. The van der Waals surface area contributed by atoms with Crippen molar-refractivity contribution in [1.29, 1.82) is 0 Å². The number of methoxy groups -OCH3 is 1. The van der Waals surface area contributed by atoms with E-state index in [2.05, 4.69) is 0 Å². The Morgan fingerprint density at radius 1 is 1.07 bits per heavy atom. The number of anilines is 1. The van der Waals surface area contributed by atoms with E-state index < -0.39 is 6.09 Å². The van der Waals surface area contributed by atoms with E-state index in [9.17, 15) is 4.79 Å². The number of hydroxylamine groups is 1. The zero-order valence-electron chi connectivity index (χ0n) is 15.0. The van der Waals surface area contributed by atoms with Gasteiger partial charge in [0.25, 0.3) is 0 Å². The molecule has 0 fully saturated rings. The number of hydrogen-bond donors (Lipinski definition) is 0. The van der Waals surface area contributed by atoms with Crippen molar-refractivity contribution in [2.45, 2.75) is 6.61 Å². The van der Waals surface area contributed by atoms with E-state index in [1.54, 1.807) is 6.07 Å². The standard InChI is InChI=1S/C20H19ClN2O4/c1-25-20(24)23(26-2)19-6-4-3-5-15(19)14-27-18-11-12-22(13-18)17-9-7-16(21)8-10-17/h3-13H,14H2,1-2H3. The van der Waals surface area contributed by atoms with Crippen molar-refractivity contribution in [3.8, 4) is 11.4 Å². The predicted octanol–water partition coefficient (Wildman–Crippen LogP) is 4.84. The molecule has 0 aliphatic rings. The summed E-state index contributed by atoms with van der Waals surface area (Å²) >= 11 is 5.93. The molecule has 27 heavy (non-hydrogen) atoms. The van der Waals surface area contributed by atoms with Gasteiger partial charge in [-0.25, -0.2) is 4.79 Å². The minimum Gasteiger partial charge on any atom is -0.487 e. The van der Waals surface area contributed by atoms with Crippen LogP contribution >= 0.6 is 11.6 Å². The number of hydrogen-bond acceptors (Lipinski definition) is 4. The molecule has 7 heteroatoms. The van der Waals surface area contributed by atoms with Gasteiger partial charge >= 0.3 is 6.09 Å². The maximum Gasteiger partial charge on any atom is 0.438 e. The highest BCUT2D eigenvalue weighted by Gasteiger charge is 2.19. The van der Waals surface area contributed by atoms with Gasteiger partial charge in [0.05, 0.1) is 26.1 Å². The number of amides is 1. The van der Waals surface area contributed by atoms with Gasteiger partial charge in [-0.1, -0.05) is 29.8 Å². The fourth-order valence-corrected chi connectivity index (χ4v) is 2.71. The minimum absolute atomic E-state index is 0.262. The molecule has 0 aliphatic carbocycles. The Kier molecular flexibility index (Phi) is 6.01. The number of aromatic nitrogens is 1. The molecular formula is C20H19ClN2O4. The molecule has 0 aliphatic heterocycles. The third kappa shape index (κ3) is 4.42. The second-order valence-electron chi connectivity index (χ2n) is 5.60. The molecule has 0 saturated carbocycles. The highest BCUT2D eigenvalue weighted by molar-refractivity contribution is 6.30. The van der Waals surface area contributed by atoms with Crippen LogP contribution in [0.5, 0.6) is 5.75 Å². The fraction of sp³-hybridized carbons (Fsp3) is 0.150. The summed E-state index contributed by atoms with van der Waals surface area (Å²) in [6.07, 6.45) is 3.17. The van der Waals surface area contributed by atoms with Crippen LogP contribution in [0.4, 0.5) is 10.5 Å². The molecule has 0 atom stereocenters. The van der Waals surface area contributed by atoms with Crippen molar-refractivity contribution >= 4 is 23.4 Å². The summed E-state index contributed by atoms with van der Waals surface area (Å²) in [7, 11) is 2.70. The van der Waals surface area contributed by atoms with Crippen LogP contribution in [0.15, 0.2) is 67.0 Å². The molecule has 2 aromatic carbocycles. The highest BCUT2D eigenvalue weighted by Crippen LogP contribution is 2.24. The van der Waals surface area contributed by atoms with E-state index in [1.807, 2.05) is 65.5 Å². The number of carbonyl (C=O) groups is 1. The van der Waals surface area contributed by atoms with Crippen LogP contribution in [-0.4, -0.2) is 24.9 Å². The van der Waals surface area contributed by atoms with Crippen LogP contribution in [0.25, 0.3) is 5.69 Å². The van der Waals surface area contributed by atoms with E-state index in [1.165, 1.54) is 14.2 Å². The van der Waals surface area contributed by atoms with E-state index >= 15 is 0 Å². The smallest absolute Gasteiger partial charge is 0.438 e. The zero-order chi connectivity index (χ0) is 19.2. The third-order valence-electron chi connectivity index (χ3n) is 3.92. The van der Waals surface area contributed by atoms with Gasteiger partial charge in [-0.05, 0) is 36.4 Å². The third-order valence-corrected chi connectivity index (χ3v) is 4.17. The molecule has 1 heterocycles. The molecule has 0 unspecified atom stereocenters. The first kappa shape index (κ1) is 18.8. The summed E-state index contributed by atoms with van der Waals surface area (Å²) in [5, 5.41) is 1.77. The van der Waals surface area contributed by atoms with E-state index in [4.69, 9.17) is 25.9 Å². The molecule has 1 amide bonds. The molecule has 3 rings (SSSR count). The van der Waals surface area contributed by atoms with Gasteiger partial charge in [0.2, 0.25) is 0 Å². The van der Waals surface area contributed by atoms with Gasteiger partial charge in [0.15, 0.2) is 0 Å². The van der Waals surface area contributed by atoms with Gasteiger partial charge < -0.3 is 14.0 Å². The maximum atomic E-state index is 11.9. The quantitative estimate of drug-likeness (QED) is 0.568. The molecule has 0 N–H and O–H groups in total. The van der Waals surface area contributed by atoms with E-state index in [0.29, 0.717) is 16.5 Å². The summed E-state index contributed by atoms with van der Waals surface area (Å²) < 4.78 is 12.6. The fourth-order valence-electron chi connectivity index (χ4n) is 2.58. The van der Waals surface area contributed by atoms with Crippen molar-refractivity contribution in [3.63, 3.8) is 0 Å². The number of para-hydroxylation sites is 1. The Hall–Kier alpha value is -2.96. The van der Waals surface area contributed by atoms with E-state index in [0.717, 1.165) is 16.3 Å². The maximum absolute atomic E-state index is 11.9. The van der Waals surface area contributed by atoms with E-state index in [-0.39, 0.29) is 6.61 Å². The van der Waals surface area contributed by atoms with Crippen LogP contribution in [0.2, 0.25) is 5.02 Å². The molecule has 0 radical (unpaired) electrons. The number of ether oxygens (including phenoxy) is 2. The molecule has 6 nitrogen and oxygen atoms in total. The molecule has 0 saturated heterocycles. The van der Waals surface area contributed by atoms with Gasteiger partial charge in [0.1, 0.15) is 12.4 Å². The normalized spacial score (nSPS) is 10.5. The van der Waals surface area contributed by atoms with Gasteiger partial charge in [-0.3, -0.25) is 4.84 Å². The lowest BCUT2D eigenvalue weighted by atomic mass is 10.2. The monoisotopic (exact) mass is 386 g/mol. The summed E-state index contributed by atoms with van der Waals surface area (Å²) in [4.78, 5) is 17.0. The van der Waals surface area contributed by atoms with Crippen molar-refractivity contribution in [2.24, 2.45) is 0 Å². The van der Waals surface area contributed by atoms with Gasteiger partial charge in [-0.2, -0.15) is 5.06 Å². The number of benzene rings is 2. The predicted molar refractivity (Wildman–Crippen MR) is 103 cm³/mol. The Labute approximate surface area is 162 Å². The highest BCUT2D eigenvalue weighted by atomic mass is 35.5. The Morgan fingerprint density at radius 2 is 1.81 bits per heavy atom. The van der Waals surface area contributed by atoms with Crippen molar-refractivity contribution in [1.82, 2.24) is 4.57 Å². The lowest BCUT2D eigenvalue weighted by Gasteiger charge is -2.20. The topological polar surface area (TPSA) is 52.9 Å².